The van der Waals surface area contributed by atoms with Gasteiger partial charge in [0.2, 0.25) is 0 Å². The first kappa shape index (κ1) is 12.3. The summed E-state index contributed by atoms with van der Waals surface area (Å²) in [5.74, 6) is 0.479. The summed E-state index contributed by atoms with van der Waals surface area (Å²) in [5, 5.41) is 6.71. The van der Waals surface area contributed by atoms with Gasteiger partial charge in [0.25, 0.3) is 5.91 Å². The molecule has 2 heterocycles. The molecule has 6 heteroatoms. The molecule has 2 aromatic rings. The zero-order valence-corrected chi connectivity index (χ0v) is 10.3. The Bertz CT molecular complexity index is 576. The SMILES string of the molecule is CNC(=O)c1ccn(-c2ncc(CN)cc2C)n1. The van der Waals surface area contributed by atoms with Crippen LogP contribution in [0.5, 0.6) is 0 Å². The van der Waals surface area contributed by atoms with Crippen LogP contribution in [0.3, 0.4) is 0 Å². The summed E-state index contributed by atoms with van der Waals surface area (Å²) in [7, 11) is 1.57. The number of carbonyl (C=O) groups is 1. The Morgan fingerprint density at radius 2 is 2.33 bits per heavy atom. The standard InChI is InChI=1S/C12H15N5O/c1-8-5-9(6-13)7-15-11(8)17-4-3-10(16-17)12(18)14-2/h3-5,7H,6,13H2,1-2H3,(H,14,18). The number of amides is 1. The molecule has 0 aliphatic heterocycles. The third-order valence-corrected chi connectivity index (χ3v) is 2.61. The van der Waals surface area contributed by atoms with Crippen molar-refractivity contribution >= 4 is 5.91 Å². The van der Waals surface area contributed by atoms with Crippen molar-refractivity contribution in [2.24, 2.45) is 5.73 Å². The van der Waals surface area contributed by atoms with Crippen LogP contribution in [0.1, 0.15) is 21.6 Å². The Morgan fingerprint density at radius 3 is 2.94 bits per heavy atom. The normalized spacial score (nSPS) is 10.4. The van der Waals surface area contributed by atoms with Crippen molar-refractivity contribution in [1.29, 1.82) is 0 Å². The minimum absolute atomic E-state index is 0.218. The van der Waals surface area contributed by atoms with Gasteiger partial charge in [0.15, 0.2) is 11.5 Å². The van der Waals surface area contributed by atoms with Crippen LogP contribution in [0.2, 0.25) is 0 Å². The van der Waals surface area contributed by atoms with Gasteiger partial charge in [-0.15, -0.1) is 0 Å². The fourth-order valence-corrected chi connectivity index (χ4v) is 1.67. The maximum absolute atomic E-state index is 11.4. The lowest BCUT2D eigenvalue weighted by Gasteiger charge is -2.06. The van der Waals surface area contributed by atoms with Gasteiger partial charge in [0, 0.05) is 26.0 Å². The van der Waals surface area contributed by atoms with Gasteiger partial charge < -0.3 is 11.1 Å². The molecule has 0 bridgehead atoms. The van der Waals surface area contributed by atoms with Gasteiger partial charge in [-0.3, -0.25) is 4.79 Å². The van der Waals surface area contributed by atoms with Gasteiger partial charge >= 0.3 is 0 Å². The van der Waals surface area contributed by atoms with Crippen LogP contribution in [-0.2, 0) is 6.54 Å². The van der Waals surface area contributed by atoms with E-state index in [4.69, 9.17) is 5.73 Å². The van der Waals surface area contributed by atoms with E-state index in [1.54, 1.807) is 30.2 Å². The molecule has 0 radical (unpaired) electrons. The highest BCUT2D eigenvalue weighted by Gasteiger charge is 2.10. The Kier molecular flexibility index (Phi) is 3.38. The van der Waals surface area contributed by atoms with Crippen LogP contribution < -0.4 is 11.1 Å². The van der Waals surface area contributed by atoms with Gasteiger partial charge in [-0.05, 0) is 30.2 Å². The zero-order valence-electron chi connectivity index (χ0n) is 10.3. The maximum atomic E-state index is 11.4. The summed E-state index contributed by atoms with van der Waals surface area (Å²) in [4.78, 5) is 15.7. The summed E-state index contributed by atoms with van der Waals surface area (Å²) in [6.07, 6.45) is 3.42. The van der Waals surface area contributed by atoms with Crippen LogP contribution in [0, 0.1) is 6.92 Å². The van der Waals surface area contributed by atoms with Crippen molar-refractivity contribution in [3.8, 4) is 5.82 Å². The summed E-state index contributed by atoms with van der Waals surface area (Å²) < 4.78 is 1.58. The number of hydrogen-bond donors (Lipinski definition) is 2. The Morgan fingerprint density at radius 1 is 1.56 bits per heavy atom. The van der Waals surface area contributed by atoms with E-state index >= 15 is 0 Å². The van der Waals surface area contributed by atoms with Gasteiger partial charge in [0.05, 0.1) is 0 Å². The van der Waals surface area contributed by atoms with Crippen molar-refractivity contribution in [1.82, 2.24) is 20.1 Å². The molecule has 0 spiro atoms. The molecule has 0 unspecified atom stereocenters. The van der Waals surface area contributed by atoms with Crippen molar-refractivity contribution in [3.63, 3.8) is 0 Å². The van der Waals surface area contributed by atoms with E-state index < -0.39 is 0 Å². The molecule has 0 aliphatic carbocycles. The van der Waals surface area contributed by atoms with Crippen LogP contribution >= 0.6 is 0 Å². The van der Waals surface area contributed by atoms with E-state index in [0.29, 0.717) is 18.1 Å². The summed E-state index contributed by atoms with van der Waals surface area (Å²) >= 11 is 0. The topological polar surface area (TPSA) is 85.8 Å². The largest absolute Gasteiger partial charge is 0.354 e. The van der Waals surface area contributed by atoms with Crippen molar-refractivity contribution < 1.29 is 4.79 Å². The predicted molar refractivity (Wildman–Crippen MR) is 67.4 cm³/mol. The average Bonchev–Trinajstić information content (AvgIpc) is 2.87. The molecule has 0 fully saturated rings. The molecule has 0 aromatic carbocycles. The van der Waals surface area contributed by atoms with Crippen LogP contribution in [0.15, 0.2) is 24.5 Å². The average molecular weight is 245 g/mol. The number of nitrogens with two attached hydrogens (primary N) is 1. The van der Waals surface area contributed by atoms with Gasteiger partial charge in [-0.1, -0.05) is 0 Å². The Labute approximate surface area is 105 Å². The van der Waals surface area contributed by atoms with E-state index in [-0.39, 0.29) is 5.91 Å². The van der Waals surface area contributed by atoms with Gasteiger partial charge in [-0.25, -0.2) is 9.67 Å². The smallest absolute Gasteiger partial charge is 0.271 e. The predicted octanol–water partition coefficient (Wildman–Crippen LogP) is 0.394. The number of rotatable bonds is 3. The highest BCUT2D eigenvalue weighted by molar-refractivity contribution is 5.91. The molecule has 0 atom stereocenters. The zero-order chi connectivity index (χ0) is 13.1. The summed E-state index contributed by atoms with van der Waals surface area (Å²) in [6, 6.07) is 3.61. The molecule has 0 saturated carbocycles. The van der Waals surface area contributed by atoms with Crippen molar-refractivity contribution in [3.05, 3.63) is 41.3 Å². The summed E-state index contributed by atoms with van der Waals surface area (Å²) in [5.41, 5.74) is 7.85. The van der Waals surface area contributed by atoms with Crippen molar-refractivity contribution in [2.45, 2.75) is 13.5 Å². The second-order valence-electron chi connectivity index (χ2n) is 3.91. The lowest BCUT2D eigenvalue weighted by Crippen LogP contribution is -2.18. The van der Waals surface area contributed by atoms with Crippen LogP contribution in [-0.4, -0.2) is 27.7 Å². The first-order valence-electron chi connectivity index (χ1n) is 5.59. The van der Waals surface area contributed by atoms with E-state index in [1.807, 2.05) is 13.0 Å². The Balaban J connectivity index is 2.37. The minimum atomic E-state index is -0.218. The number of carbonyl (C=O) groups excluding carboxylic acids is 1. The molecule has 2 rings (SSSR count). The van der Waals surface area contributed by atoms with Crippen molar-refractivity contribution in [2.75, 3.05) is 7.05 Å². The number of pyridine rings is 1. The lowest BCUT2D eigenvalue weighted by molar-refractivity contribution is 0.0957. The van der Waals surface area contributed by atoms with Crippen LogP contribution in [0.4, 0.5) is 0 Å². The number of aryl methyl sites for hydroxylation is 1. The molecule has 0 saturated heterocycles. The molecule has 0 aliphatic rings. The molecular formula is C12H15N5O. The lowest BCUT2D eigenvalue weighted by atomic mass is 10.2. The molecule has 18 heavy (non-hydrogen) atoms. The molecule has 1 amide bonds. The highest BCUT2D eigenvalue weighted by atomic mass is 16.1. The third-order valence-electron chi connectivity index (χ3n) is 2.61. The highest BCUT2D eigenvalue weighted by Crippen LogP contribution is 2.12. The van der Waals surface area contributed by atoms with Gasteiger partial charge in [0.1, 0.15) is 0 Å². The molecular weight excluding hydrogens is 230 g/mol. The number of hydrogen-bond acceptors (Lipinski definition) is 4. The molecule has 3 N–H and O–H groups in total. The third kappa shape index (κ3) is 2.23. The summed E-state index contributed by atoms with van der Waals surface area (Å²) in [6.45, 7) is 2.39. The molecule has 2 aromatic heterocycles. The maximum Gasteiger partial charge on any atom is 0.271 e. The molecule has 6 nitrogen and oxygen atoms in total. The van der Waals surface area contributed by atoms with E-state index in [9.17, 15) is 4.79 Å². The second kappa shape index (κ2) is 4.97. The van der Waals surface area contributed by atoms with E-state index in [2.05, 4.69) is 15.4 Å². The minimum Gasteiger partial charge on any atom is -0.354 e. The fraction of sp³-hybridized carbons (Fsp3) is 0.250. The first-order valence-corrected chi connectivity index (χ1v) is 5.59. The van der Waals surface area contributed by atoms with E-state index in [0.717, 1.165) is 11.1 Å². The van der Waals surface area contributed by atoms with Gasteiger partial charge in [-0.2, -0.15) is 5.10 Å². The van der Waals surface area contributed by atoms with E-state index in [1.165, 1.54) is 0 Å². The quantitative estimate of drug-likeness (QED) is 0.819. The Hall–Kier alpha value is -2.21. The monoisotopic (exact) mass is 245 g/mol. The molecule has 94 valence electrons. The number of nitrogens with one attached hydrogen (secondary N) is 1. The fourth-order valence-electron chi connectivity index (χ4n) is 1.67. The number of aromatic nitrogens is 3. The first-order chi connectivity index (χ1) is 8.65. The van der Waals surface area contributed by atoms with Crippen LogP contribution in [0.25, 0.3) is 5.82 Å². The number of nitrogens with zero attached hydrogens (tertiary/aromatic N) is 3. The second-order valence-corrected chi connectivity index (χ2v) is 3.91.